The van der Waals surface area contributed by atoms with Crippen LogP contribution in [0.25, 0.3) is 0 Å². The van der Waals surface area contributed by atoms with Crippen molar-refractivity contribution in [3.63, 3.8) is 0 Å². The average molecular weight is 210 g/mol. The second-order valence-electron chi connectivity index (χ2n) is 5.21. The molecule has 15 heavy (non-hydrogen) atoms. The van der Waals surface area contributed by atoms with Gasteiger partial charge in [-0.3, -0.25) is 0 Å². The number of rotatable bonds is 6. The molecule has 1 aliphatic carbocycles. The Morgan fingerprint density at radius 3 is 2.80 bits per heavy atom. The van der Waals surface area contributed by atoms with Gasteiger partial charge in [0, 0.05) is 6.61 Å². The fourth-order valence-electron chi connectivity index (χ4n) is 2.00. The van der Waals surface area contributed by atoms with Crippen LogP contribution >= 0.6 is 0 Å². The number of allylic oxidation sites excluding steroid dienone is 1. The van der Waals surface area contributed by atoms with Crippen LogP contribution in [0, 0.1) is 5.92 Å². The molecule has 1 atom stereocenters. The molecule has 0 saturated heterocycles. The third kappa shape index (κ3) is 5.99. The van der Waals surface area contributed by atoms with Crippen molar-refractivity contribution in [2.24, 2.45) is 5.92 Å². The topological polar surface area (TPSA) is 9.23 Å². The van der Waals surface area contributed by atoms with Crippen molar-refractivity contribution in [1.82, 2.24) is 0 Å². The van der Waals surface area contributed by atoms with Crippen LogP contribution < -0.4 is 0 Å². The molecular weight excluding hydrogens is 184 g/mol. The van der Waals surface area contributed by atoms with Crippen molar-refractivity contribution in [2.45, 2.75) is 65.4 Å². The lowest BCUT2D eigenvalue weighted by atomic mass is 9.98. The van der Waals surface area contributed by atoms with E-state index in [-0.39, 0.29) is 0 Å². The maximum atomic E-state index is 5.87. The van der Waals surface area contributed by atoms with Gasteiger partial charge in [0.25, 0.3) is 0 Å². The first-order valence-corrected chi connectivity index (χ1v) is 6.45. The first-order chi connectivity index (χ1) is 7.18. The summed E-state index contributed by atoms with van der Waals surface area (Å²) in [7, 11) is 0. The van der Waals surface area contributed by atoms with Gasteiger partial charge in [-0.1, -0.05) is 38.3 Å². The molecule has 0 aromatic rings. The molecule has 0 radical (unpaired) electrons. The Morgan fingerprint density at radius 2 is 2.20 bits per heavy atom. The van der Waals surface area contributed by atoms with Gasteiger partial charge in [-0.05, 0) is 38.5 Å². The van der Waals surface area contributed by atoms with Crippen molar-refractivity contribution in [1.29, 1.82) is 0 Å². The molecule has 0 fully saturated rings. The highest BCUT2D eigenvalue weighted by atomic mass is 16.5. The second kappa shape index (κ2) is 7.05. The normalized spacial score (nSPS) is 21.9. The maximum absolute atomic E-state index is 5.87. The van der Waals surface area contributed by atoms with E-state index in [1.807, 2.05) is 0 Å². The van der Waals surface area contributed by atoms with Crippen LogP contribution in [0.3, 0.4) is 0 Å². The Hall–Kier alpha value is -0.300. The lowest BCUT2D eigenvalue weighted by molar-refractivity contribution is 0.0438. The van der Waals surface area contributed by atoms with E-state index < -0.39 is 0 Å². The molecule has 1 heteroatoms. The molecule has 0 aromatic carbocycles. The summed E-state index contributed by atoms with van der Waals surface area (Å²) in [4.78, 5) is 0. The standard InChI is InChI=1S/C14H26O/c1-12(2)6-4-5-11-15-14-9-7-13(3)8-10-14/h7,12,14H,4-6,8-11H2,1-3H3. The van der Waals surface area contributed by atoms with E-state index in [9.17, 15) is 0 Å². The highest BCUT2D eigenvalue weighted by molar-refractivity contribution is 5.03. The molecule has 1 nitrogen and oxygen atoms in total. The summed E-state index contributed by atoms with van der Waals surface area (Å²) in [6.45, 7) is 7.76. The van der Waals surface area contributed by atoms with Crippen LogP contribution in [0.1, 0.15) is 59.3 Å². The first-order valence-electron chi connectivity index (χ1n) is 6.45. The molecule has 0 spiro atoms. The quantitative estimate of drug-likeness (QED) is 0.468. The Morgan fingerprint density at radius 1 is 1.40 bits per heavy atom. The minimum absolute atomic E-state index is 0.507. The minimum Gasteiger partial charge on any atom is -0.378 e. The van der Waals surface area contributed by atoms with Crippen molar-refractivity contribution < 1.29 is 4.74 Å². The zero-order valence-electron chi connectivity index (χ0n) is 10.6. The molecule has 0 aliphatic heterocycles. The molecule has 1 unspecified atom stereocenters. The minimum atomic E-state index is 0.507. The predicted molar refractivity (Wildman–Crippen MR) is 66.0 cm³/mol. The average Bonchev–Trinajstić information content (AvgIpc) is 2.20. The predicted octanol–water partition coefficient (Wildman–Crippen LogP) is 4.33. The van der Waals surface area contributed by atoms with Gasteiger partial charge >= 0.3 is 0 Å². The summed E-state index contributed by atoms with van der Waals surface area (Å²) < 4.78 is 5.87. The number of unbranched alkanes of at least 4 members (excludes halogenated alkanes) is 1. The van der Waals surface area contributed by atoms with E-state index >= 15 is 0 Å². The molecule has 0 saturated carbocycles. The summed E-state index contributed by atoms with van der Waals surface area (Å²) in [5.41, 5.74) is 1.54. The van der Waals surface area contributed by atoms with E-state index in [1.54, 1.807) is 0 Å². The van der Waals surface area contributed by atoms with Crippen molar-refractivity contribution in [3.05, 3.63) is 11.6 Å². The number of ether oxygens (including phenoxy) is 1. The zero-order chi connectivity index (χ0) is 11.1. The van der Waals surface area contributed by atoms with Crippen molar-refractivity contribution in [2.75, 3.05) is 6.61 Å². The summed E-state index contributed by atoms with van der Waals surface area (Å²) >= 11 is 0. The Kier molecular flexibility index (Phi) is 6.00. The highest BCUT2D eigenvalue weighted by Crippen LogP contribution is 2.20. The van der Waals surface area contributed by atoms with Gasteiger partial charge in [-0.15, -0.1) is 0 Å². The van der Waals surface area contributed by atoms with Crippen LogP contribution in [0.2, 0.25) is 0 Å². The molecule has 1 rings (SSSR count). The van der Waals surface area contributed by atoms with Crippen LogP contribution in [0.15, 0.2) is 11.6 Å². The zero-order valence-corrected chi connectivity index (χ0v) is 10.6. The Labute approximate surface area is 94.9 Å². The maximum Gasteiger partial charge on any atom is 0.0612 e. The van der Waals surface area contributed by atoms with Crippen LogP contribution in [0.4, 0.5) is 0 Å². The van der Waals surface area contributed by atoms with Crippen LogP contribution in [-0.4, -0.2) is 12.7 Å². The van der Waals surface area contributed by atoms with E-state index in [0.29, 0.717) is 6.10 Å². The second-order valence-corrected chi connectivity index (χ2v) is 5.21. The largest absolute Gasteiger partial charge is 0.378 e. The van der Waals surface area contributed by atoms with E-state index in [2.05, 4.69) is 26.8 Å². The monoisotopic (exact) mass is 210 g/mol. The summed E-state index contributed by atoms with van der Waals surface area (Å²) in [5, 5.41) is 0. The van der Waals surface area contributed by atoms with Crippen LogP contribution in [0.5, 0.6) is 0 Å². The summed E-state index contributed by atoms with van der Waals surface area (Å²) in [5.74, 6) is 0.838. The van der Waals surface area contributed by atoms with Gasteiger partial charge in [0.2, 0.25) is 0 Å². The smallest absolute Gasteiger partial charge is 0.0612 e. The third-order valence-corrected chi connectivity index (χ3v) is 3.12. The molecule has 0 aromatic heterocycles. The molecule has 0 bridgehead atoms. The van der Waals surface area contributed by atoms with Gasteiger partial charge < -0.3 is 4.74 Å². The Balaban J connectivity index is 1.97. The van der Waals surface area contributed by atoms with E-state index in [0.717, 1.165) is 18.9 Å². The van der Waals surface area contributed by atoms with E-state index in [1.165, 1.54) is 37.7 Å². The van der Waals surface area contributed by atoms with Crippen LogP contribution in [-0.2, 0) is 4.74 Å². The summed E-state index contributed by atoms with van der Waals surface area (Å²) in [6.07, 6.45) is 10.3. The first kappa shape index (κ1) is 12.8. The fourth-order valence-corrected chi connectivity index (χ4v) is 2.00. The molecule has 88 valence electrons. The van der Waals surface area contributed by atoms with Crippen molar-refractivity contribution >= 4 is 0 Å². The molecule has 0 amide bonds. The fraction of sp³-hybridized carbons (Fsp3) is 0.857. The number of hydrogen-bond acceptors (Lipinski definition) is 1. The number of hydrogen-bond donors (Lipinski definition) is 0. The van der Waals surface area contributed by atoms with Gasteiger partial charge in [-0.2, -0.15) is 0 Å². The molecule has 1 aliphatic rings. The Bertz CT molecular complexity index is 194. The van der Waals surface area contributed by atoms with Gasteiger partial charge in [0.05, 0.1) is 6.10 Å². The lowest BCUT2D eigenvalue weighted by Crippen LogP contribution is -2.16. The highest BCUT2D eigenvalue weighted by Gasteiger charge is 2.12. The molecule has 0 heterocycles. The summed E-state index contributed by atoms with van der Waals surface area (Å²) in [6, 6.07) is 0. The van der Waals surface area contributed by atoms with Gasteiger partial charge in [-0.25, -0.2) is 0 Å². The van der Waals surface area contributed by atoms with Gasteiger partial charge in [0.1, 0.15) is 0 Å². The molecular formula is C14H26O. The van der Waals surface area contributed by atoms with E-state index in [4.69, 9.17) is 4.74 Å². The molecule has 0 N–H and O–H groups in total. The third-order valence-electron chi connectivity index (χ3n) is 3.12. The van der Waals surface area contributed by atoms with Crippen molar-refractivity contribution in [3.8, 4) is 0 Å². The lowest BCUT2D eigenvalue weighted by Gasteiger charge is -2.20. The SMILES string of the molecule is CC1=CCC(OCCCCC(C)C)CC1. The van der Waals surface area contributed by atoms with Gasteiger partial charge in [0.15, 0.2) is 0 Å².